The first-order valence-corrected chi connectivity index (χ1v) is 8.25. The summed E-state index contributed by atoms with van der Waals surface area (Å²) in [6, 6.07) is 6.34. The average molecular weight is 310 g/mol. The number of benzene rings is 1. The molecule has 0 unspecified atom stereocenters. The number of thioether (sulfide) groups is 1. The van der Waals surface area contributed by atoms with E-state index < -0.39 is 12.0 Å². The molecule has 1 aromatic carbocycles. The van der Waals surface area contributed by atoms with E-state index in [-0.39, 0.29) is 6.03 Å². The van der Waals surface area contributed by atoms with Gasteiger partial charge in [0.1, 0.15) is 6.04 Å². The number of hydrogen-bond donors (Lipinski definition) is 2. The lowest BCUT2D eigenvalue weighted by molar-refractivity contribution is -0.139. The van der Waals surface area contributed by atoms with Crippen molar-refractivity contribution in [1.29, 1.82) is 0 Å². The van der Waals surface area contributed by atoms with Crippen molar-refractivity contribution in [1.82, 2.24) is 5.32 Å². The van der Waals surface area contributed by atoms with E-state index in [2.05, 4.69) is 5.32 Å². The summed E-state index contributed by atoms with van der Waals surface area (Å²) in [5.41, 5.74) is 1.82. The zero-order chi connectivity index (χ0) is 15.8. The fraction of sp³-hybridized carbons (Fsp3) is 0.467. The van der Waals surface area contributed by atoms with E-state index in [9.17, 15) is 14.7 Å². The van der Waals surface area contributed by atoms with Crippen LogP contribution >= 0.6 is 11.8 Å². The minimum atomic E-state index is -1.00. The first kappa shape index (κ1) is 17.4. The van der Waals surface area contributed by atoms with Gasteiger partial charge in [-0.05, 0) is 50.0 Å². The summed E-state index contributed by atoms with van der Waals surface area (Å²) in [4.78, 5) is 25.1. The van der Waals surface area contributed by atoms with Gasteiger partial charge >= 0.3 is 12.0 Å². The largest absolute Gasteiger partial charge is 0.480 e. The average Bonchev–Trinajstić information content (AvgIpc) is 2.44. The van der Waals surface area contributed by atoms with Crippen LogP contribution in [0, 0.1) is 6.92 Å². The molecule has 1 atom stereocenters. The van der Waals surface area contributed by atoms with Crippen molar-refractivity contribution in [3.63, 3.8) is 0 Å². The van der Waals surface area contributed by atoms with Gasteiger partial charge in [0.05, 0.1) is 0 Å². The number of aryl methyl sites for hydroxylation is 1. The van der Waals surface area contributed by atoms with Gasteiger partial charge in [0, 0.05) is 12.2 Å². The fourth-order valence-electron chi connectivity index (χ4n) is 1.96. The summed E-state index contributed by atoms with van der Waals surface area (Å²) in [7, 11) is 0. The summed E-state index contributed by atoms with van der Waals surface area (Å²) in [5, 5.41) is 11.8. The highest BCUT2D eigenvalue weighted by atomic mass is 32.2. The van der Waals surface area contributed by atoms with Crippen LogP contribution in [0.1, 0.15) is 18.9 Å². The van der Waals surface area contributed by atoms with Crippen molar-refractivity contribution >= 4 is 29.4 Å². The van der Waals surface area contributed by atoms with E-state index in [4.69, 9.17) is 0 Å². The molecule has 0 aliphatic carbocycles. The number of carbonyl (C=O) groups is 2. The van der Waals surface area contributed by atoms with Crippen LogP contribution in [0.5, 0.6) is 0 Å². The van der Waals surface area contributed by atoms with Crippen molar-refractivity contribution in [3.8, 4) is 0 Å². The van der Waals surface area contributed by atoms with Gasteiger partial charge < -0.3 is 10.4 Å². The number of carbonyl (C=O) groups excluding carboxylic acids is 1. The van der Waals surface area contributed by atoms with Crippen LogP contribution in [0.3, 0.4) is 0 Å². The molecular weight excluding hydrogens is 288 g/mol. The Labute approximate surface area is 129 Å². The van der Waals surface area contributed by atoms with Crippen LogP contribution in [-0.4, -0.2) is 41.7 Å². The molecule has 0 bridgehead atoms. The smallest absolute Gasteiger partial charge is 0.326 e. The van der Waals surface area contributed by atoms with Gasteiger partial charge in [0.15, 0.2) is 0 Å². The van der Waals surface area contributed by atoms with E-state index in [0.717, 1.165) is 11.3 Å². The highest BCUT2D eigenvalue weighted by Crippen LogP contribution is 2.16. The molecule has 0 aliphatic heterocycles. The van der Waals surface area contributed by atoms with Gasteiger partial charge in [-0.3, -0.25) is 4.90 Å². The van der Waals surface area contributed by atoms with Crippen LogP contribution in [0.25, 0.3) is 0 Å². The predicted molar refractivity (Wildman–Crippen MR) is 87.2 cm³/mol. The molecule has 0 aliphatic rings. The maximum atomic E-state index is 12.3. The quantitative estimate of drug-likeness (QED) is 0.812. The number of anilines is 1. The van der Waals surface area contributed by atoms with Crippen molar-refractivity contribution in [2.24, 2.45) is 0 Å². The molecule has 116 valence electrons. The molecular formula is C15H22N2O3S. The molecule has 0 spiro atoms. The summed E-state index contributed by atoms with van der Waals surface area (Å²) in [6.07, 6.45) is 2.32. The third-order valence-corrected chi connectivity index (χ3v) is 3.73. The second kappa shape index (κ2) is 8.56. The van der Waals surface area contributed by atoms with E-state index in [0.29, 0.717) is 18.7 Å². The lowest BCUT2D eigenvalue weighted by Gasteiger charge is -2.24. The molecule has 21 heavy (non-hydrogen) atoms. The molecule has 0 aromatic heterocycles. The SMILES string of the molecule is CCN(C(=O)N[C@@H](CCSC)C(=O)O)c1cccc(C)c1. The number of rotatable bonds is 7. The van der Waals surface area contributed by atoms with E-state index in [1.165, 1.54) is 0 Å². The highest BCUT2D eigenvalue weighted by Gasteiger charge is 2.22. The second-order valence-electron chi connectivity index (χ2n) is 4.71. The number of nitrogens with one attached hydrogen (secondary N) is 1. The standard InChI is InChI=1S/C15H22N2O3S/c1-4-17(12-7-5-6-11(2)10-12)15(20)16-13(14(18)19)8-9-21-3/h5-7,10,13H,4,8-9H2,1-3H3,(H,16,20)(H,18,19)/t13-/m0/s1. The normalized spacial score (nSPS) is 11.8. The molecule has 0 fully saturated rings. The van der Waals surface area contributed by atoms with Crippen molar-refractivity contribution in [2.75, 3.05) is 23.5 Å². The molecule has 0 saturated carbocycles. The Bertz CT molecular complexity index is 494. The molecule has 0 radical (unpaired) electrons. The Balaban J connectivity index is 2.80. The first-order valence-electron chi connectivity index (χ1n) is 6.86. The Morgan fingerprint density at radius 2 is 2.14 bits per heavy atom. The summed E-state index contributed by atoms with van der Waals surface area (Å²) in [6.45, 7) is 4.29. The Kier molecular flexibility index (Phi) is 7.08. The van der Waals surface area contributed by atoms with Gasteiger partial charge in [-0.2, -0.15) is 11.8 Å². The fourth-order valence-corrected chi connectivity index (χ4v) is 2.43. The molecule has 5 nitrogen and oxygen atoms in total. The summed E-state index contributed by atoms with van der Waals surface area (Å²) >= 11 is 1.56. The monoisotopic (exact) mass is 310 g/mol. The van der Waals surface area contributed by atoms with Crippen molar-refractivity contribution in [2.45, 2.75) is 26.3 Å². The predicted octanol–water partition coefficient (Wildman–Crippen LogP) is 2.74. The number of carboxylic acid groups (broad SMARTS) is 1. The second-order valence-corrected chi connectivity index (χ2v) is 5.69. The first-order chi connectivity index (χ1) is 9.99. The molecule has 1 aromatic rings. The Hall–Kier alpha value is -1.69. The van der Waals surface area contributed by atoms with Crippen LogP contribution in [0.15, 0.2) is 24.3 Å². The third-order valence-electron chi connectivity index (χ3n) is 3.08. The number of nitrogens with zero attached hydrogens (tertiary/aromatic N) is 1. The number of carboxylic acids is 1. The molecule has 1 rings (SSSR count). The number of urea groups is 1. The molecule has 0 saturated heterocycles. The highest BCUT2D eigenvalue weighted by molar-refractivity contribution is 7.98. The van der Waals surface area contributed by atoms with E-state index in [1.807, 2.05) is 44.4 Å². The topological polar surface area (TPSA) is 69.6 Å². The Morgan fingerprint density at radius 1 is 1.43 bits per heavy atom. The van der Waals surface area contributed by atoms with Gasteiger partial charge in [0.2, 0.25) is 0 Å². The Morgan fingerprint density at radius 3 is 2.67 bits per heavy atom. The van der Waals surface area contributed by atoms with E-state index >= 15 is 0 Å². The van der Waals surface area contributed by atoms with Crippen LogP contribution in [0.4, 0.5) is 10.5 Å². The van der Waals surface area contributed by atoms with Crippen LogP contribution < -0.4 is 10.2 Å². The number of hydrogen-bond acceptors (Lipinski definition) is 3. The number of amides is 2. The van der Waals surface area contributed by atoms with Crippen molar-refractivity contribution in [3.05, 3.63) is 29.8 Å². The van der Waals surface area contributed by atoms with Gasteiger partial charge in [0.25, 0.3) is 0 Å². The van der Waals surface area contributed by atoms with Gasteiger partial charge in [-0.25, -0.2) is 9.59 Å². The molecule has 2 N–H and O–H groups in total. The maximum Gasteiger partial charge on any atom is 0.326 e. The maximum absolute atomic E-state index is 12.3. The summed E-state index contributed by atoms with van der Waals surface area (Å²) < 4.78 is 0. The van der Waals surface area contributed by atoms with E-state index in [1.54, 1.807) is 16.7 Å². The van der Waals surface area contributed by atoms with Crippen LogP contribution in [-0.2, 0) is 4.79 Å². The lowest BCUT2D eigenvalue weighted by Crippen LogP contribution is -2.48. The summed E-state index contributed by atoms with van der Waals surface area (Å²) in [5.74, 6) is -0.314. The van der Waals surface area contributed by atoms with Gasteiger partial charge in [-0.1, -0.05) is 12.1 Å². The molecule has 6 heteroatoms. The molecule has 2 amide bonds. The molecule has 0 heterocycles. The van der Waals surface area contributed by atoms with Gasteiger partial charge in [-0.15, -0.1) is 0 Å². The van der Waals surface area contributed by atoms with Crippen molar-refractivity contribution < 1.29 is 14.7 Å². The van der Waals surface area contributed by atoms with Crippen LogP contribution in [0.2, 0.25) is 0 Å². The zero-order valence-corrected chi connectivity index (χ0v) is 13.4. The zero-order valence-electron chi connectivity index (χ0n) is 12.6. The minimum Gasteiger partial charge on any atom is -0.480 e. The minimum absolute atomic E-state index is 0.378. The third kappa shape index (κ3) is 5.30. The number of aliphatic carboxylic acids is 1. The lowest BCUT2D eigenvalue weighted by atomic mass is 10.2.